The normalized spacial score (nSPS) is 12.9. The van der Waals surface area contributed by atoms with E-state index in [0.29, 0.717) is 0 Å². The number of imidazole rings is 1. The second-order valence-electron chi connectivity index (χ2n) is 5.01. The smallest absolute Gasteiger partial charge is 0.306 e. The zero-order chi connectivity index (χ0) is 14.1. The number of aryl methyl sites for hydroxylation is 1. The number of aromatic amines is 2. The van der Waals surface area contributed by atoms with E-state index in [1.807, 2.05) is 37.6 Å². The summed E-state index contributed by atoms with van der Waals surface area (Å²) in [5, 5.41) is 7.59. The lowest BCUT2D eigenvalue weighted by molar-refractivity contribution is 0.575. The number of benzene rings is 1. The molecule has 20 heavy (non-hydrogen) atoms. The van der Waals surface area contributed by atoms with Gasteiger partial charge in [-0.2, -0.15) is 5.10 Å². The molecule has 6 nitrogen and oxygen atoms in total. The molecule has 1 aromatic carbocycles. The van der Waals surface area contributed by atoms with Crippen molar-refractivity contribution in [1.82, 2.24) is 25.1 Å². The van der Waals surface area contributed by atoms with E-state index >= 15 is 0 Å². The van der Waals surface area contributed by atoms with Crippen molar-refractivity contribution in [2.75, 3.05) is 0 Å². The lowest BCUT2D eigenvalue weighted by Crippen LogP contribution is -2.17. The molecule has 2 aromatic heterocycles. The third-order valence-electron chi connectivity index (χ3n) is 3.41. The number of nitrogens with zero attached hydrogens (tertiary/aromatic N) is 2. The molecule has 3 rings (SSSR count). The van der Waals surface area contributed by atoms with E-state index in [-0.39, 0.29) is 11.7 Å². The van der Waals surface area contributed by atoms with Crippen molar-refractivity contribution < 1.29 is 0 Å². The van der Waals surface area contributed by atoms with Gasteiger partial charge in [0, 0.05) is 31.4 Å². The summed E-state index contributed by atoms with van der Waals surface area (Å²) >= 11 is 0. The Bertz CT molecular complexity index is 782. The van der Waals surface area contributed by atoms with Gasteiger partial charge in [-0.1, -0.05) is 6.07 Å². The first kappa shape index (κ1) is 12.7. The van der Waals surface area contributed by atoms with Crippen LogP contribution in [-0.2, 0) is 13.6 Å². The van der Waals surface area contributed by atoms with Crippen LogP contribution >= 0.6 is 0 Å². The van der Waals surface area contributed by atoms with Gasteiger partial charge in [-0.15, -0.1) is 0 Å². The Morgan fingerprint density at radius 2 is 2.15 bits per heavy atom. The van der Waals surface area contributed by atoms with Crippen LogP contribution in [0.2, 0.25) is 0 Å². The van der Waals surface area contributed by atoms with Gasteiger partial charge in [-0.3, -0.25) is 4.68 Å². The SMILES string of the molecule is CC(NCc1cnn(C)c1)c1ccc2[nH]c(=O)[nH]c2c1. The fourth-order valence-electron chi connectivity index (χ4n) is 2.27. The Morgan fingerprint density at radius 3 is 2.90 bits per heavy atom. The van der Waals surface area contributed by atoms with Crippen LogP contribution in [0.15, 0.2) is 35.4 Å². The molecule has 0 bridgehead atoms. The summed E-state index contributed by atoms with van der Waals surface area (Å²) < 4.78 is 1.79. The number of rotatable bonds is 4. The third kappa shape index (κ3) is 2.50. The minimum absolute atomic E-state index is 0.173. The molecular formula is C14H17N5O. The lowest BCUT2D eigenvalue weighted by Gasteiger charge is -2.13. The molecule has 6 heteroatoms. The topological polar surface area (TPSA) is 78.5 Å². The second-order valence-corrected chi connectivity index (χ2v) is 5.01. The zero-order valence-corrected chi connectivity index (χ0v) is 11.5. The van der Waals surface area contributed by atoms with Gasteiger partial charge in [0.25, 0.3) is 0 Å². The summed E-state index contributed by atoms with van der Waals surface area (Å²) in [4.78, 5) is 16.8. The maximum absolute atomic E-state index is 11.2. The maximum atomic E-state index is 11.2. The molecule has 0 aliphatic heterocycles. The predicted octanol–water partition coefficient (Wildman–Crippen LogP) is 1.44. The Hall–Kier alpha value is -2.34. The minimum Gasteiger partial charge on any atom is -0.306 e. The first-order chi connectivity index (χ1) is 9.61. The van der Waals surface area contributed by atoms with Crippen LogP contribution in [0.1, 0.15) is 24.1 Å². The number of H-pyrrole nitrogens is 2. The third-order valence-corrected chi connectivity index (χ3v) is 3.41. The number of nitrogens with one attached hydrogen (secondary N) is 3. The molecule has 0 saturated carbocycles. The quantitative estimate of drug-likeness (QED) is 0.672. The Kier molecular flexibility index (Phi) is 3.15. The summed E-state index contributed by atoms with van der Waals surface area (Å²) in [6, 6.07) is 6.13. The van der Waals surface area contributed by atoms with E-state index in [4.69, 9.17) is 0 Å². The molecule has 0 aliphatic carbocycles. The van der Waals surface area contributed by atoms with Crippen molar-refractivity contribution >= 4 is 11.0 Å². The van der Waals surface area contributed by atoms with Gasteiger partial charge in [-0.05, 0) is 24.6 Å². The Balaban J connectivity index is 1.74. The minimum atomic E-state index is -0.173. The van der Waals surface area contributed by atoms with Crippen LogP contribution < -0.4 is 11.0 Å². The molecule has 104 valence electrons. The highest BCUT2D eigenvalue weighted by atomic mass is 16.1. The van der Waals surface area contributed by atoms with Crippen LogP contribution in [-0.4, -0.2) is 19.7 Å². The number of hydrogen-bond acceptors (Lipinski definition) is 3. The highest BCUT2D eigenvalue weighted by Gasteiger charge is 2.07. The largest absolute Gasteiger partial charge is 0.323 e. The van der Waals surface area contributed by atoms with Crippen molar-refractivity contribution in [3.63, 3.8) is 0 Å². The molecule has 0 saturated heterocycles. The highest BCUT2D eigenvalue weighted by Crippen LogP contribution is 2.17. The summed E-state index contributed by atoms with van der Waals surface area (Å²) in [7, 11) is 1.91. The van der Waals surface area contributed by atoms with Gasteiger partial charge >= 0.3 is 5.69 Å². The summed E-state index contributed by atoms with van der Waals surface area (Å²) in [5.74, 6) is 0. The lowest BCUT2D eigenvalue weighted by atomic mass is 10.1. The molecule has 1 unspecified atom stereocenters. The van der Waals surface area contributed by atoms with Crippen LogP contribution in [0.5, 0.6) is 0 Å². The zero-order valence-electron chi connectivity index (χ0n) is 11.5. The molecule has 3 N–H and O–H groups in total. The molecule has 2 heterocycles. The average molecular weight is 271 g/mol. The number of fused-ring (bicyclic) bond motifs is 1. The van der Waals surface area contributed by atoms with E-state index in [0.717, 1.165) is 28.7 Å². The van der Waals surface area contributed by atoms with Gasteiger partial charge < -0.3 is 15.3 Å². The van der Waals surface area contributed by atoms with Crippen molar-refractivity contribution in [3.8, 4) is 0 Å². The first-order valence-corrected chi connectivity index (χ1v) is 6.54. The van der Waals surface area contributed by atoms with Gasteiger partial charge in [0.15, 0.2) is 0 Å². The van der Waals surface area contributed by atoms with Crippen molar-refractivity contribution in [3.05, 3.63) is 52.2 Å². The summed E-state index contributed by atoms with van der Waals surface area (Å²) in [6.07, 6.45) is 3.85. The summed E-state index contributed by atoms with van der Waals surface area (Å²) in [6.45, 7) is 2.86. The maximum Gasteiger partial charge on any atom is 0.323 e. The van der Waals surface area contributed by atoms with Gasteiger partial charge in [0.05, 0.1) is 17.2 Å². The molecule has 0 spiro atoms. The van der Waals surface area contributed by atoms with Gasteiger partial charge in [0.1, 0.15) is 0 Å². The molecule has 3 aromatic rings. The fourth-order valence-corrected chi connectivity index (χ4v) is 2.27. The standard InChI is InChI=1S/C14H17N5O/c1-9(15-6-10-7-16-19(2)8-10)11-3-4-12-13(5-11)18-14(20)17-12/h3-5,7-9,15H,6H2,1-2H3,(H2,17,18,20). The van der Waals surface area contributed by atoms with E-state index in [1.54, 1.807) is 4.68 Å². The van der Waals surface area contributed by atoms with Gasteiger partial charge in [-0.25, -0.2) is 4.79 Å². The van der Waals surface area contributed by atoms with Crippen LogP contribution in [0.4, 0.5) is 0 Å². The fraction of sp³-hybridized carbons (Fsp3) is 0.286. The molecule has 0 amide bonds. The summed E-state index contributed by atoms with van der Waals surface area (Å²) in [5.41, 5.74) is 3.78. The van der Waals surface area contributed by atoms with Crippen LogP contribution in [0, 0.1) is 0 Å². The van der Waals surface area contributed by atoms with E-state index in [9.17, 15) is 4.79 Å². The monoisotopic (exact) mass is 271 g/mol. The highest BCUT2D eigenvalue weighted by molar-refractivity contribution is 5.75. The van der Waals surface area contributed by atoms with Gasteiger partial charge in [0.2, 0.25) is 0 Å². The Labute approximate surface area is 115 Å². The van der Waals surface area contributed by atoms with E-state index in [2.05, 4.69) is 27.3 Å². The predicted molar refractivity (Wildman–Crippen MR) is 77.4 cm³/mol. The molecule has 0 radical (unpaired) electrons. The molecule has 0 aliphatic rings. The van der Waals surface area contributed by atoms with E-state index in [1.165, 1.54) is 0 Å². The first-order valence-electron chi connectivity index (χ1n) is 6.54. The van der Waals surface area contributed by atoms with Crippen molar-refractivity contribution in [2.45, 2.75) is 19.5 Å². The van der Waals surface area contributed by atoms with E-state index < -0.39 is 0 Å². The van der Waals surface area contributed by atoms with Crippen molar-refractivity contribution in [1.29, 1.82) is 0 Å². The number of hydrogen-bond donors (Lipinski definition) is 3. The molecular weight excluding hydrogens is 254 g/mol. The Morgan fingerprint density at radius 1 is 1.35 bits per heavy atom. The van der Waals surface area contributed by atoms with Crippen molar-refractivity contribution in [2.24, 2.45) is 7.05 Å². The van der Waals surface area contributed by atoms with Crippen LogP contribution in [0.25, 0.3) is 11.0 Å². The molecule has 1 atom stereocenters. The number of aromatic nitrogens is 4. The second kappa shape index (κ2) is 4.97. The van der Waals surface area contributed by atoms with Crippen LogP contribution in [0.3, 0.4) is 0 Å². The average Bonchev–Trinajstić information content (AvgIpc) is 2.99. The molecule has 0 fully saturated rings.